The molecule has 230 valence electrons. The molecule has 1 N–H and O–H groups in total. The van der Waals surface area contributed by atoms with Gasteiger partial charge in [-0.3, -0.25) is 9.78 Å². The minimum atomic E-state index is -4.60. The van der Waals surface area contributed by atoms with Gasteiger partial charge in [0.05, 0.1) is 16.2 Å². The van der Waals surface area contributed by atoms with Crippen molar-refractivity contribution in [3.05, 3.63) is 114 Å². The van der Waals surface area contributed by atoms with Crippen LogP contribution in [0.5, 0.6) is 5.75 Å². The van der Waals surface area contributed by atoms with Gasteiger partial charge in [-0.1, -0.05) is 30.3 Å². The summed E-state index contributed by atoms with van der Waals surface area (Å²) in [5.74, 6) is -1.43. The van der Waals surface area contributed by atoms with Gasteiger partial charge < -0.3 is 10.1 Å². The Morgan fingerprint density at radius 3 is 2.41 bits per heavy atom. The van der Waals surface area contributed by atoms with E-state index in [0.29, 0.717) is 5.56 Å². The van der Waals surface area contributed by atoms with Crippen molar-refractivity contribution in [3.63, 3.8) is 0 Å². The molecule has 13 heteroatoms. The lowest BCUT2D eigenvalue weighted by Crippen LogP contribution is -2.45. The molecule has 3 aromatic carbocycles. The van der Waals surface area contributed by atoms with Crippen LogP contribution in [0.1, 0.15) is 23.1 Å². The van der Waals surface area contributed by atoms with E-state index in [1.165, 1.54) is 12.3 Å². The summed E-state index contributed by atoms with van der Waals surface area (Å²) in [6.07, 6.45) is -5.13. The van der Waals surface area contributed by atoms with Crippen LogP contribution in [0.25, 0.3) is 11.3 Å². The molecule has 2 heterocycles. The van der Waals surface area contributed by atoms with Crippen molar-refractivity contribution < 1.29 is 39.9 Å². The van der Waals surface area contributed by atoms with Crippen LogP contribution in [0.4, 0.5) is 22.0 Å². The first-order valence-electron chi connectivity index (χ1n) is 13.4. The smallest absolute Gasteiger partial charge is 0.416 e. The lowest BCUT2D eigenvalue weighted by Gasteiger charge is -2.23. The fourth-order valence-electron chi connectivity index (χ4n) is 4.81. The largest absolute Gasteiger partial charge is 0.488 e. The van der Waals surface area contributed by atoms with Crippen LogP contribution in [0.2, 0.25) is 0 Å². The van der Waals surface area contributed by atoms with Gasteiger partial charge in [0.2, 0.25) is 15.9 Å². The third-order valence-electron chi connectivity index (χ3n) is 7.04. The fourth-order valence-corrected chi connectivity index (χ4v) is 6.43. The molecule has 4 aromatic rings. The van der Waals surface area contributed by atoms with Gasteiger partial charge in [-0.15, -0.1) is 0 Å². The fraction of sp³-hybridized carbons (Fsp3) is 0.226. The van der Waals surface area contributed by atoms with Crippen molar-refractivity contribution in [1.82, 2.24) is 14.6 Å². The van der Waals surface area contributed by atoms with Crippen molar-refractivity contribution >= 4 is 15.9 Å². The standard InChI is InChI=1S/C31H26F5N3O4S/c32-23-7-9-25(10-8-23)44(41,42)39-18-24(33)16-28(39)30(40)38-17-21-12-13-37-27(14-21)26-11-6-22(31(34,35)36)15-29(26)43-19-20-4-2-1-3-5-20/h1-15,24,28H,16-19H2,(H,38,40). The van der Waals surface area contributed by atoms with Crippen LogP contribution in [0, 0.1) is 5.82 Å². The number of alkyl halides is 4. The lowest BCUT2D eigenvalue weighted by atomic mass is 10.0. The number of benzene rings is 3. The maximum atomic E-state index is 14.4. The number of hydrogen-bond donors (Lipinski definition) is 1. The number of ether oxygens (including phenoxy) is 1. The van der Waals surface area contributed by atoms with Gasteiger partial charge in [-0.05, 0) is 65.7 Å². The van der Waals surface area contributed by atoms with Gasteiger partial charge >= 0.3 is 6.18 Å². The highest BCUT2D eigenvalue weighted by molar-refractivity contribution is 7.89. The van der Waals surface area contributed by atoms with Crippen LogP contribution < -0.4 is 10.1 Å². The highest BCUT2D eigenvalue weighted by Crippen LogP contribution is 2.37. The van der Waals surface area contributed by atoms with E-state index in [-0.39, 0.29) is 41.5 Å². The van der Waals surface area contributed by atoms with Gasteiger partial charge in [0.1, 0.15) is 30.4 Å². The number of hydrogen-bond acceptors (Lipinski definition) is 5. The van der Waals surface area contributed by atoms with Crippen molar-refractivity contribution in [2.24, 2.45) is 0 Å². The second-order valence-electron chi connectivity index (χ2n) is 10.1. The predicted molar refractivity (Wildman–Crippen MR) is 151 cm³/mol. The van der Waals surface area contributed by atoms with E-state index in [1.807, 2.05) is 0 Å². The van der Waals surface area contributed by atoms with Crippen molar-refractivity contribution in [2.75, 3.05) is 6.54 Å². The van der Waals surface area contributed by atoms with Crippen LogP contribution in [-0.2, 0) is 34.1 Å². The second kappa shape index (κ2) is 12.7. The molecular formula is C31H26F5N3O4S. The predicted octanol–water partition coefficient (Wildman–Crippen LogP) is 5.90. The van der Waals surface area contributed by atoms with Crippen molar-refractivity contribution in [2.45, 2.75) is 42.9 Å². The first-order valence-corrected chi connectivity index (χ1v) is 14.9. The topological polar surface area (TPSA) is 88.6 Å². The minimum Gasteiger partial charge on any atom is -0.488 e. The molecule has 0 bridgehead atoms. The molecule has 2 unspecified atom stereocenters. The zero-order valence-electron chi connectivity index (χ0n) is 23.0. The molecule has 7 nitrogen and oxygen atoms in total. The van der Waals surface area contributed by atoms with E-state index in [0.717, 1.165) is 46.3 Å². The monoisotopic (exact) mass is 631 g/mol. The highest BCUT2D eigenvalue weighted by atomic mass is 32.2. The molecule has 0 saturated carbocycles. The van der Waals surface area contributed by atoms with Crippen LogP contribution in [0.15, 0.2) is 96.0 Å². The molecule has 0 radical (unpaired) electrons. The van der Waals surface area contributed by atoms with E-state index >= 15 is 0 Å². The number of carbonyl (C=O) groups excluding carboxylic acids is 1. The number of nitrogens with one attached hydrogen (secondary N) is 1. The second-order valence-corrected chi connectivity index (χ2v) is 12.0. The van der Waals surface area contributed by atoms with Crippen LogP contribution >= 0.6 is 0 Å². The van der Waals surface area contributed by atoms with Crippen LogP contribution in [0.3, 0.4) is 0 Å². The molecule has 1 saturated heterocycles. The molecule has 1 amide bonds. The zero-order chi connectivity index (χ0) is 31.5. The van der Waals surface area contributed by atoms with Gasteiger partial charge in [0.25, 0.3) is 0 Å². The average molecular weight is 632 g/mol. The number of halogens is 5. The summed E-state index contributed by atoms with van der Waals surface area (Å²) in [6.45, 7) is -0.622. The normalized spacial score (nSPS) is 17.4. The average Bonchev–Trinajstić information content (AvgIpc) is 3.42. The summed E-state index contributed by atoms with van der Waals surface area (Å²) in [7, 11) is -4.29. The molecule has 0 spiro atoms. The number of carbonyl (C=O) groups is 1. The maximum Gasteiger partial charge on any atom is 0.416 e. The molecular weight excluding hydrogens is 605 g/mol. The van der Waals surface area contributed by atoms with E-state index in [1.54, 1.807) is 42.5 Å². The van der Waals surface area contributed by atoms with E-state index in [9.17, 15) is 35.2 Å². The summed E-state index contributed by atoms with van der Waals surface area (Å²) >= 11 is 0. The number of nitrogens with zero attached hydrogens (tertiary/aromatic N) is 2. The van der Waals surface area contributed by atoms with Crippen LogP contribution in [-0.4, -0.2) is 42.4 Å². The highest BCUT2D eigenvalue weighted by Gasteiger charge is 2.44. The summed E-state index contributed by atoms with van der Waals surface area (Å²) < 4.78 is 101. The molecule has 5 rings (SSSR count). The molecule has 1 fully saturated rings. The molecule has 1 aliphatic rings. The quantitative estimate of drug-likeness (QED) is 0.233. The van der Waals surface area contributed by atoms with E-state index in [4.69, 9.17) is 4.74 Å². The number of sulfonamides is 1. The van der Waals surface area contributed by atoms with Crippen molar-refractivity contribution in [1.29, 1.82) is 0 Å². The Hall–Kier alpha value is -4.36. The van der Waals surface area contributed by atoms with Gasteiger partial charge in [-0.2, -0.15) is 17.5 Å². The Balaban J connectivity index is 1.34. The lowest BCUT2D eigenvalue weighted by molar-refractivity contribution is -0.137. The Morgan fingerprint density at radius 2 is 1.70 bits per heavy atom. The minimum absolute atomic E-state index is 0.0131. The Kier molecular flexibility index (Phi) is 8.97. The number of pyridine rings is 1. The maximum absolute atomic E-state index is 14.4. The Bertz CT molecular complexity index is 1740. The van der Waals surface area contributed by atoms with E-state index < -0.39 is 52.2 Å². The van der Waals surface area contributed by atoms with Gasteiger partial charge in [0, 0.05) is 31.3 Å². The third kappa shape index (κ3) is 7.05. The van der Waals surface area contributed by atoms with E-state index in [2.05, 4.69) is 10.3 Å². The van der Waals surface area contributed by atoms with Crippen molar-refractivity contribution in [3.8, 4) is 17.0 Å². The molecule has 2 atom stereocenters. The first-order chi connectivity index (χ1) is 20.9. The summed E-state index contributed by atoms with van der Waals surface area (Å²) in [5, 5.41) is 2.61. The summed E-state index contributed by atoms with van der Waals surface area (Å²) in [6, 6.07) is 17.8. The van der Waals surface area contributed by atoms with Gasteiger partial charge in [-0.25, -0.2) is 17.2 Å². The zero-order valence-corrected chi connectivity index (χ0v) is 23.8. The molecule has 44 heavy (non-hydrogen) atoms. The summed E-state index contributed by atoms with van der Waals surface area (Å²) in [4.78, 5) is 17.1. The molecule has 1 aliphatic heterocycles. The molecule has 1 aromatic heterocycles. The number of amides is 1. The molecule has 0 aliphatic carbocycles. The summed E-state index contributed by atoms with van der Waals surface area (Å²) in [5.41, 5.74) is 0.919. The Morgan fingerprint density at radius 1 is 0.977 bits per heavy atom. The third-order valence-corrected chi connectivity index (χ3v) is 8.93. The first kappa shape index (κ1) is 31.1. The van der Waals surface area contributed by atoms with Gasteiger partial charge in [0.15, 0.2) is 0 Å². The number of rotatable bonds is 9. The SMILES string of the molecule is O=C(NCc1ccnc(-c2ccc(C(F)(F)F)cc2OCc2ccccc2)c1)C1CC(F)CN1S(=O)(=O)c1ccc(F)cc1. The Labute approximate surface area is 250 Å². The number of aromatic nitrogens is 1.